The molecule has 1 aliphatic rings. The number of anilines is 1. The molecule has 22 heavy (non-hydrogen) atoms. The van der Waals surface area contributed by atoms with Crippen molar-refractivity contribution in [3.63, 3.8) is 0 Å². The molecule has 0 aromatic carbocycles. The first-order chi connectivity index (χ1) is 10.6. The average Bonchev–Trinajstić information content (AvgIpc) is 2.92. The smallest absolute Gasteiger partial charge is 0.275 e. The van der Waals surface area contributed by atoms with Crippen LogP contribution in [0.1, 0.15) is 25.5 Å². The van der Waals surface area contributed by atoms with Crippen LogP contribution in [0.3, 0.4) is 0 Å². The second-order valence-corrected chi connectivity index (χ2v) is 7.10. The third-order valence-corrected chi connectivity index (χ3v) is 5.25. The van der Waals surface area contributed by atoms with Crippen molar-refractivity contribution < 1.29 is 0 Å². The van der Waals surface area contributed by atoms with Crippen LogP contribution >= 0.6 is 11.3 Å². The fraction of sp³-hybridized carbons (Fsp3) is 0.667. The van der Waals surface area contributed by atoms with Gasteiger partial charge in [-0.2, -0.15) is 4.52 Å². The van der Waals surface area contributed by atoms with Gasteiger partial charge in [0.05, 0.1) is 0 Å². The molecule has 0 N–H and O–H groups in total. The molecule has 1 fully saturated rings. The van der Waals surface area contributed by atoms with E-state index in [-0.39, 0.29) is 5.56 Å². The summed E-state index contributed by atoms with van der Waals surface area (Å²) in [6, 6.07) is 1.58. The highest BCUT2D eigenvalue weighted by Gasteiger charge is 2.20. The number of aromatic nitrogens is 3. The van der Waals surface area contributed by atoms with Gasteiger partial charge < -0.3 is 9.80 Å². The summed E-state index contributed by atoms with van der Waals surface area (Å²) in [7, 11) is 4.23. The standard InChI is InChI=1S/C15H23N5OS/c1-4-12-8-13(21)20-14(16-12)22-15(17-20)19(3)10-11-6-5-7-18(2)9-11/h8,11H,4-7,9-10H2,1-3H3. The molecule has 0 aliphatic carbocycles. The topological polar surface area (TPSA) is 53.7 Å². The highest BCUT2D eigenvalue weighted by molar-refractivity contribution is 7.20. The number of aryl methyl sites for hydroxylation is 1. The second kappa shape index (κ2) is 6.34. The monoisotopic (exact) mass is 321 g/mol. The number of fused-ring (bicyclic) bond motifs is 1. The van der Waals surface area contributed by atoms with Gasteiger partial charge in [0.25, 0.3) is 5.56 Å². The van der Waals surface area contributed by atoms with E-state index < -0.39 is 0 Å². The second-order valence-electron chi connectivity index (χ2n) is 6.17. The van der Waals surface area contributed by atoms with E-state index in [1.54, 1.807) is 6.07 Å². The highest BCUT2D eigenvalue weighted by Crippen LogP contribution is 2.23. The predicted octanol–water partition coefficient (Wildman–Crippen LogP) is 1.49. The molecule has 120 valence electrons. The molecule has 7 heteroatoms. The number of hydrogen-bond acceptors (Lipinski definition) is 6. The SMILES string of the molecule is CCc1cc(=O)n2nc(N(C)CC3CCCN(C)C3)sc2n1. The van der Waals surface area contributed by atoms with Gasteiger partial charge in [-0.05, 0) is 38.8 Å². The van der Waals surface area contributed by atoms with Crippen LogP contribution in [-0.2, 0) is 6.42 Å². The molecule has 1 unspecified atom stereocenters. The number of hydrogen-bond donors (Lipinski definition) is 0. The Morgan fingerprint density at radius 3 is 3.05 bits per heavy atom. The Morgan fingerprint density at radius 2 is 2.32 bits per heavy atom. The molecular formula is C15H23N5OS. The summed E-state index contributed by atoms with van der Waals surface area (Å²) in [5.74, 6) is 0.659. The van der Waals surface area contributed by atoms with Gasteiger partial charge in [0, 0.05) is 31.9 Å². The summed E-state index contributed by atoms with van der Waals surface area (Å²) in [6.07, 6.45) is 3.29. The number of likely N-dealkylation sites (tertiary alicyclic amines) is 1. The normalized spacial score (nSPS) is 19.7. The lowest BCUT2D eigenvalue weighted by molar-refractivity contribution is 0.213. The van der Waals surface area contributed by atoms with E-state index in [2.05, 4.69) is 34.0 Å². The first-order valence-electron chi connectivity index (χ1n) is 7.86. The van der Waals surface area contributed by atoms with Crippen LogP contribution < -0.4 is 10.5 Å². The maximum absolute atomic E-state index is 12.1. The lowest BCUT2D eigenvalue weighted by Gasteiger charge is -2.32. The van der Waals surface area contributed by atoms with Gasteiger partial charge in [0.2, 0.25) is 10.1 Å². The fourth-order valence-electron chi connectivity index (χ4n) is 3.07. The maximum Gasteiger partial charge on any atom is 0.275 e. The lowest BCUT2D eigenvalue weighted by Crippen LogP contribution is -2.38. The van der Waals surface area contributed by atoms with Crippen LogP contribution in [0.2, 0.25) is 0 Å². The zero-order valence-corrected chi connectivity index (χ0v) is 14.3. The van der Waals surface area contributed by atoms with Crippen LogP contribution in [0, 0.1) is 5.92 Å². The van der Waals surface area contributed by atoms with Gasteiger partial charge in [-0.1, -0.05) is 18.3 Å². The van der Waals surface area contributed by atoms with E-state index >= 15 is 0 Å². The summed E-state index contributed by atoms with van der Waals surface area (Å²) >= 11 is 1.49. The van der Waals surface area contributed by atoms with E-state index in [9.17, 15) is 4.79 Å². The average molecular weight is 321 g/mol. The Bertz CT molecular complexity index is 710. The maximum atomic E-state index is 12.1. The minimum Gasteiger partial charge on any atom is -0.349 e. The minimum absolute atomic E-state index is 0.0878. The van der Waals surface area contributed by atoms with Crippen LogP contribution in [0.25, 0.3) is 4.96 Å². The van der Waals surface area contributed by atoms with Crippen molar-refractivity contribution in [2.24, 2.45) is 5.92 Å². The zero-order valence-electron chi connectivity index (χ0n) is 13.4. The van der Waals surface area contributed by atoms with Gasteiger partial charge >= 0.3 is 0 Å². The molecule has 2 aromatic rings. The molecule has 3 rings (SSSR count). The molecule has 0 spiro atoms. The number of piperidine rings is 1. The minimum atomic E-state index is -0.0878. The van der Waals surface area contributed by atoms with E-state index in [4.69, 9.17) is 0 Å². The Hall–Kier alpha value is -1.47. The summed E-state index contributed by atoms with van der Waals surface area (Å²) in [5.41, 5.74) is 0.743. The van der Waals surface area contributed by atoms with Crippen molar-refractivity contribution in [3.8, 4) is 0 Å². The lowest BCUT2D eigenvalue weighted by atomic mass is 9.98. The van der Waals surface area contributed by atoms with E-state index in [0.29, 0.717) is 10.9 Å². The van der Waals surface area contributed by atoms with Gasteiger partial charge in [-0.15, -0.1) is 5.10 Å². The molecule has 1 saturated heterocycles. The quantitative estimate of drug-likeness (QED) is 0.854. The molecule has 0 bridgehead atoms. The van der Waals surface area contributed by atoms with Crippen LogP contribution in [0.5, 0.6) is 0 Å². The van der Waals surface area contributed by atoms with Crippen LogP contribution in [0.4, 0.5) is 5.13 Å². The van der Waals surface area contributed by atoms with Gasteiger partial charge in [-0.25, -0.2) is 4.98 Å². The Labute approximate surface area is 134 Å². The predicted molar refractivity (Wildman–Crippen MR) is 90.0 cm³/mol. The third kappa shape index (κ3) is 3.15. The van der Waals surface area contributed by atoms with Crippen molar-refractivity contribution in [2.75, 3.05) is 38.6 Å². The molecule has 0 amide bonds. The summed E-state index contributed by atoms with van der Waals surface area (Å²) in [6.45, 7) is 5.30. The molecule has 6 nitrogen and oxygen atoms in total. The molecule has 1 aliphatic heterocycles. The number of nitrogens with zero attached hydrogens (tertiary/aromatic N) is 5. The van der Waals surface area contributed by atoms with Crippen molar-refractivity contribution in [2.45, 2.75) is 26.2 Å². The van der Waals surface area contributed by atoms with E-state index in [1.165, 1.54) is 35.2 Å². The Balaban J connectivity index is 1.80. The molecule has 2 aromatic heterocycles. The van der Waals surface area contributed by atoms with Crippen LogP contribution in [0.15, 0.2) is 10.9 Å². The molecule has 0 radical (unpaired) electrons. The largest absolute Gasteiger partial charge is 0.349 e. The molecule has 3 heterocycles. The Kier molecular flexibility index (Phi) is 4.44. The summed E-state index contributed by atoms with van der Waals surface area (Å²) in [5, 5.41) is 5.31. The van der Waals surface area contributed by atoms with Crippen molar-refractivity contribution in [1.82, 2.24) is 19.5 Å². The van der Waals surface area contributed by atoms with Crippen molar-refractivity contribution in [1.29, 1.82) is 0 Å². The van der Waals surface area contributed by atoms with Gasteiger partial charge in [-0.3, -0.25) is 4.79 Å². The zero-order chi connectivity index (χ0) is 15.7. The van der Waals surface area contributed by atoms with E-state index in [1.807, 2.05) is 6.92 Å². The first-order valence-corrected chi connectivity index (χ1v) is 8.68. The van der Waals surface area contributed by atoms with Crippen LogP contribution in [-0.4, -0.2) is 53.2 Å². The fourth-order valence-corrected chi connectivity index (χ4v) is 3.97. The summed E-state index contributed by atoms with van der Waals surface area (Å²) in [4.78, 5) is 21.8. The molecule has 1 atom stereocenters. The molecule has 0 saturated carbocycles. The van der Waals surface area contributed by atoms with Crippen molar-refractivity contribution in [3.05, 3.63) is 22.1 Å². The van der Waals surface area contributed by atoms with Gasteiger partial charge in [0.1, 0.15) is 0 Å². The Morgan fingerprint density at radius 1 is 1.50 bits per heavy atom. The highest BCUT2D eigenvalue weighted by atomic mass is 32.1. The third-order valence-electron chi connectivity index (χ3n) is 4.23. The number of rotatable bonds is 4. The van der Waals surface area contributed by atoms with Crippen molar-refractivity contribution >= 4 is 21.4 Å². The van der Waals surface area contributed by atoms with E-state index in [0.717, 1.165) is 30.3 Å². The van der Waals surface area contributed by atoms with Gasteiger partial charge in [0.15, 0.2) is 0 Å². The first kappa shape index (κ1) is 15.4. The summed E-state index contributed by atoms with van der Waals surface area (Å²) < 4.78 is 1.42. The molecular weight excluding hydrogens is 298 g/mol.